The average Bonchev–Trinajstić information content (AvgIpc) is 2.59. The molecule has 2 aliphatic carbocycles. The third-order valence-electron chi connectivity index (χ3n) is 7.44. The predicted octanol–water partition coefficient (Wildman–Crippen LogP) is 7.43. The van der Waals surface area contributed by atoms with Crippen molar-refractivity contribution in [1.29, 1.82) is 0 Å². The van der Waals surface area contributed by atoms with Crippen molar-refractivity contribution < 1.29 is 4.79 Å². The van der Waals surface area contributed by atoms with Gasteiger partial charge in [0.15, 0.2) is 0 Å². The predicted molar refractivity (Wildman–Crippen MR) is 109 cm³/mol. The Kier molecular flexibility index (Phi) is 9.00. The van der Waals surface area contributed by atoms with E-state index in [9.17, 15) is 4.79 Å². The molecular formula is C24H44O. The summed E-state index contributed by atoms with van der Waals surface area (Å²) in [6, 6.07) is 0. The highest BCUT2D eigenvalue weighted by molar-refractivity contribution is 5.78. The minimum absolute atomic E-state index is 0.537. The molecule has 0 amide bonds. The highest BCUT2D eigenvalue weighted by Gasteiger charge is 2.27. The second kappa shape index (κ2) is 10.7. The Morgan fingerprint density at radius 1 is 0.960 bits per heavy atom. The molecule has 0 N–H and O–H groups in total. The molecule has 2 aliphatic rings. The molecule has 5 unspecified atom stereocenters. The van der Waals surface area contributed by atoms with Crippen LogP contribution in [0, 0.1) is 35.5 Å². The third-order valence-corrected chi connectivity index (χ3v) is 7.44. The molecule has 0 spiro atoms. The van der Waals surface area contributed by atoms with Crippen LogP contribution in [0.5, 0.6) is 0 Å². The van der Waals surface area contributed by atoms with E-state index in [1.807, 2.05) is 0 Å². The highest BCUT2D eigenvalue weighted by atomic mass is 16.1. The van der Waals surface area contributed by atoms with Gasteiger partial charge in [0.05, 0.1) is 0 Å². The molecule has 2 rings (SSSR count). The lowest BCUT2D eigenvalue weighted by atomic mass is 9.71. The Hall–Kier alpha value is -0.330. The molecule has 1 nitrogen and oxygen atoms in total. The number of ketones is 1. The van der Waals surface area contributed by atoms with Crippen molar-refractivity contribution in [2.24, 2.45) is 35.5 Å². The van der Waals surface area contributed by atoms with Gasteiger partial charge in [0.1, 0.15) is 5.78 Å². The fourth-order valence-electron chi connectivity index (χ4n) is 5.83. The smallest absolute Gasteiger partial charge is 0.133 e. The van der Waals surface area contributed by atoms with Crippen LogP contribution in [0.2, 0.25) is 0 Å². The van der Waals surface area contributed by atoms with Crippen LogP contribution in [0.4, 0.5) is 0 Å². The summed E-state index contributed by atoms with van der Waals surface area (Å²) in [7, 11) is 0. The largest absolute Gasteiger partial charge is 0.300 e. The van der Waals surface area contributed by atoms with Gasteiger partial charge < -0.3 is 0 Å². The minimum Gasteiger partial charge on any atom is -0.300 e. The fourth-order valence-corrected chi connectivity index (χ4v) is 5.83. The van der Waals surface area contributed by atoms with E-state index in [2.05, 4.69) is 27.7 Å². The van der Waals surface area contributed by atoms with E-state index >= 15 is 0 Å². The molecule has 0 aromatic heterocycles. The van der Waals surface area contributed by atoms with Gasteiger partial charge in [-0.3, -0.25) is 4.79 Å². The molecule has 0 saturated heterocycles. The van der Waals surface area contributed by atoms with Crippen LogP contribution in [0.1, 0.15) is 111 Å². The summed E-state index contributed by atoms with van der Waals surface area (Å²) < 4.78 is 0. The van der Waals surface area contributed by atoms with E-state index in [4.69, 9.17) is 0 Å². The third kappa shape index (κ3) is 7.06. The summed E-state index contributed by atoms with van der Waals surface area (Å²) >= 11 is 0. The van der Waals surface area contributed by atoms with Gasteiger partial charge in [-0.25, -0.2) is 0 Å². The van der Waals surface area contributed by atoms with E-state index in [1.54, 1.807) is 0 Å². The lowest BCUT2D eigenvalue weighted by Crippen LogP contribution is -2.24. The first-order valence-electron chi connectivity index (χ1n) is 11.5. The molecule has 5 atom stereocenters. The normalized spacial score (nSPS) is 31.9. The monoisotopic (exact) mass is 348 g/mol. The van der Waals surface area contributed by atoms with Crippen LogP contribution in [0.25, 0.3) is 0 Å². The zero-order chi connectivity index (χ0) is 18.2. The quantitative estimate of drug-likeness (QED) is 0.396. The van der Waals surface area contributed by atoms with Gasteiger partial charge in [0.2, 0.25) is 0 Å². The first-order chi connectivity index (χ1) is 12.0. The number of rotatable bonds is 9. The highest BCUT2D eigenvalue weighted by Crippen LogP contribution is 2.38. The zero-order valence-electron chi connectivity index (χ0n) is 17.6. The molecular weight excluding hydrogens is 304 g/mol. The van der Waals surface area contributed by atoms with Crippen LogP contribution in [-0.2, 0) is 4.79 Å². The molecule has 0 aromatic rings. The molecule has 0 radical (unpaired) electrons. The van der Waals surface area contributed by atoms with Crippen molar-refractivity contribution in [3.8, 4) is 0 Å². The number of hydrogen-bond donors (Lipinski definition) is 0. The first kappa shape index (κ1) is 21.0. The molecule has 2 fully saturated rings. The van der Waals surface area contributed by atoms with Gasteiger partial charge in [0.25, 0.3) is 0 Å². The van der Waals surface area contributed by atoms with Crippen molar-refractivity contribution >= 4 is 5.78 Å². The zero-order valence-corrected chi connectivity index (χ0v) is 17.6. The first-order valence-corrected chi connectivity index (χ1v) is 11.5. The summed E-state index contributed by atoms with van der Waals surface area (Å²) in [5, 5.41) is 0. The molecule has 0 bridgehead atoms. The van der Waals surface area contributed by atoms with Gasteiger partial charge in [-0.2, -0.15) is 0 Å². The Morgan fingerprint density at radius 3 is 2.44 bits per heavy atom. The summed E-state index contributed by atoms with van der Waals surface area (Å²) in [4.78, 5) is 12.4. The number of carbonyl (C=O) groups is 1. The maximum Gasteiger partial charge on any atom is 0.133 e. The van der Waals surface area contributed by atoms with Crippen molar-refractivity contribution in [3.05, 3.63) is 0 Å². The van der Waals surface area contributed by atoms with Crippen molar-refractivity contribution in [1.82, 2.24) is 0 Å². The fraction of sp³-hybridized carbons (Fsp3) is 0.958. The number of unbranched alkanes of at least 4 members (excludes halogenated alkanes) is 1. The second-order valence-corrected chi connectivity index (χ2v) is 9.95. The van der Waals surface area contributed by atoms with Crippen LogP contribution < -0.4 is 0 Å². The molecule has 0 aliphatic heterocycles. The number of Topliss-reactive ketones (excluding diaryl/α,β-unsaturated/α-hetero) is 1. The van der Waals surface area contributed by atoms with E-state index < -0.39 is 0 Å². The number of hydrogen-bond acceptors (Lipinski definition) is 1. The van der Waals surface area contributed by atoms with Gasteiger partial charge in [-0.1, -0.05) is 79.1 Å². The van der Waals surface area contributed by atoms with Crippen molar-refractivity contribution in [3.63, 3.8) is 0 Å². The van der Waals surface area contributed by atoms with Crippen molar-refractivity contribution in [2.45, 2.75) is 111 Å². The molecule has 0 aromatic carbocycles. The molecule has 25 heavy (non-hydrogen) atoms. The standard InChI is InChI=1S/C24H44O/c1-18(2)24-15-8-6-12-21(24)11-5-7-14-23(25)17-20(4)22-13-9-10-19(3)16-22/h18-22,24H,5-17H2,1-4H3. The summed E-state index contributed by atoms with van der Waals surface area (Å²) in [6.07, 6.45) is 16.7. The van der Waals surface area contributed by atoms with Gasteiger partial charge in [-0.05, 0) is 54.8 Å². The van der Waals surface area contributed by atoms with Crippen LogP contribution in [-0.4, -0.2) is 5.78 Å². The average molecular weight is 349 g/mol. The number of carbonyl (C=O) groups excluding carboxylic acids is 1. The Bertz CT molecular complexity index is 386. The summed E-state index contributed by atoms with van der Waals surface area (Å²) in [5.41, 5.74) is 0. The van der Waals surface area contributed by atoms with E-state index in [-0.39, 0.29) is 0 Å². The van der Waals surface area contributed by atoms with Crippen LogP contribution in [0.15, 0.2) is 0 Å². The summed E-state index contributed by atoms with van der Waals surface area (Å²) in [5.74, 6) is 5.55. The Balaban J connectivity index is 1.61. The SMILES string of the molecule is CC1CCCC(C(C)CC(=O)CCCCC2CCCCC2C(C)C)C1. The maximum absolute atomic E-state index is 12.4. The van der Waals surface area contributed by atoms with Gasteiger partial charge in [0, 0.05) is 12.8 Å². The topological polar surface area (TPSA) is 17.1 Å². The van der Waals surface area contributed by atoms with Crippen LogP contribution >= 0.6 is 0 Å². The molecule has 1 heteroatoms. The van der Waals surface area contributed by atoms with E-state index in [1.165, 1.54) is 64.2 Å². The molecule has 0 heterocycles. The Labute approximate surface area is 157 Å². The van der Waals surface area contributed by atoms with Gasteiger partial charge in [-0.15, -0.1) is 0 Å². The maximum atomic E-state index is 12.4. The van der Waals surface area contributed by atoms with E-state index in [0.29, 0.717) is 11.7 Å². The Morgan fingerprint density at radius 2 is 1.72 bits per heavy atom. The lowest BCUT2D eigenvalue weighted by Gasteiger charge is -2.34. The second-order valence-electron chi connectivity index (χ2n) is 9.95. The molecule has 2 saturated carbocycles. The van der Waals surface area contributed by atoms with Crippen LogP contribution in [0.3, 0.4) is 0 Å². The molecule has 146 valence electrons. The van der Waals surface area contributed by atoms with E-state index in [0.717, 1.165) is 48.9 Å². The van der Waals surface area contributed by atoms with Gasteiger partial charge >= 0.3 is 0 Å². The summed E-state index contributed by atoms with van der Waals surface area (Å²) in [6.45, 7) is 9.52. The lowest BCUT2D eigenvalue weighted by molar-refractivity contribution is -0.120. The van der Waals surface area contributed by atoms with Crippen molar-refractivity contribution in [2.75, 3.05) is 0 Å². The minimum atomic E-state index is 0.537.